The van der Waals surface area contributed by atoms with Gasteiger partial charge in [0.1, 0.15) is 0 Å². The fourth-order valence-electron chi connectivity index (χ4n) is 2.77. The summed E-state index contributed by atoms with van der Waals surface area (Å²) in [7, 11) is 0. The van der Waals surface area contributed by atoms with Gasteiger partial charge in [-0.05, 0) is 24.5 Å². The van der Waals surface area contributed by atoms with Crippen LogP contribution < -0.4 is 5.32 Å². The van der Waals surface area contributed by atoms with E-state index >= 15 is 0 Å². The molecule has 1 aliphatic carbocycles. The van der Waals surface area contributed by atoms with E-state index < -0.39 is 17.3 Å². The Kier molecular flexibility index (Phi) is 4.70. The normalized spacial score (nSPS) is 19.0. The first-order chi connectivity index (χ1) is 9.41. The third-order valence-corrected chi connectivity index (χ3v) is 3.88. The molecule has 0 bridgehead atoms. The van der Waals surface area contributed by atoms with Crippen molar-refractivity contribution in [3.63, 3.8) is 0 Å². The summed E-state index contributed by atoms with van der Waals surface area (Å²) in [4.78, 5) is 0. The zero-order valence-corrected chi connectivity index (χ0v) is 11.3. The van der Waals surface area contributed by atoms with Gasteiger partial charge in [-0.1, -0.05) is 37.5 Å². The Labute approximate surface area is 117 Å². The van der Waals surface area contributed by atoms with Crippen LogP contribution in [0.5, 0.6) is 0 Å². The minimum absolute atomic E-state index is 0.123. The van der Waals surface area contributed by atoms with E-state index in [4.69, 9.17) is 0 Å². The van der Waals surface area contributed by atoms with Gasteiger partial charge in [-0.3, -0.25) is 0 Å². The van der Waals surface area contributed by atoms with Crippen molar-refractivity contribution in [2.75, 3.05) is 6.54 Å². The van der Waals surface area contributed by atoms with E-state index in [0.29, 0.717) is 6.54 Å². The molecule has 2 nitrogen and oxygen atoms in total. The molecule has 1 aliphatic rings. The zero-order valence-electron chi connectivity index (χ0n) is 11.3. The van der Waals surface area contributed by atoms with Gasteiger partial charge in [-0.25, -0.2) is 0 Å². The van der Waals surface area contributed by atoms with Crippen LogP contribution in [-0.2, 0) is 12.7 Å². The van der Waals surface area contributed by atoms with Crippen molar-refractivity contribution in [2.24, 2.45) is 0 Å². The second-order valence-electron chi connectivity index (χ2n) is 5.54. The Morgan fingerprint density at radius 3 is 2.40 bits per heavy atom. The molecule has 0 atom stereocenters. The molecule has 1 fully saturated rings. The maximum absolute atomic E-state index is 12.8. The third-order valence-electron chi connectivity index (χ3n) is 3.88. The number of benzene rings is 1. The molecule has 0 aromatic heterocycles. The maximum Gasteiger partial charge on any atom is 0.416 e. The van der Waals surface area contributed by atoms with Gasteiger partial charge in [-0.15, -0.1) is 0 Å². The van der Waals surface area contributed by atoms with Gasteiger partial charge < -0.3 is 10.4 Å². The average molecular weight is 287 g/mol. The Morgan fingerprint density at radius 2 is 1.75 bits per heavy atom. The lowest BCUT2D eigenvalue weighted by Gasteiger charge is -2.32. The molecular weight excluding hydrogens is 267 g/mol. The quantitative estimate of drug-likeness (QED) is 0.888. The molecule has 0 saturated heterocycles. The van der Waals surface area contributed by atoms with E-state index in [1.807, 2.05) is 0 Å². The molecule has 0 radical (unpaired) electrons. The van der Waals surface area contributed by atoms with Crippen LogP contribution in [0.3, 0.4) is 0 Å². The van der Waals surface area contributed by atoms with Gasteiger partial charge in [0.25, 0.3) is 0 Å². The summed E-state index contributed by atoms with van der Waals surface area (Å²) in [5.41, 5.74) is -1.15. The molecule has 0 spiro atoms. The molecule has 2 rings (SSSR count). The molecule has 2 N–H and O–H groups in total. The van der Waals surface area contributed by atoms with Crippen molar-refractivity contribution in [2.45, 2.75) is 50.4 Å². The topological polar surface area (TPSA) is 32.3 Å². The molecule has 20 heavy (non-hydrogen) atoms. The highest BCUT2D eigenvalue weighted by Gasteiger charge is 2.33. The van der Waals surface area contributed by atoms with Crippen LogP contribution >= 0.6 is 0 Å². The van der Waals surface area contributed by atoms with Crippen LogP contribution in [0.4, 0.5) is 13.2 Å². The smallest absolute Gasteiger partial charge is 0.389 e. The van der Waals surface area contributed by atoms with E-state index in [-0.39, 0.29) is 12.1 Å². The Bertz CT molecular complexity index is 439. The molecule has 1 saturated carbocycles. The van der Waals surface area contributed by atoms with Crippen molar-refractivity contribution in [1.82, 2.24) is 5.32 Å². The van der Waals surface area contributed by atoms with Crippen molar-refractivity contribution in [1.29, 1.82) is 0 Å². The van der Waals surface area contributed by atoms with Gasteiger partial charge in [0.05, 0.1) is 11.2 Å². The van der Waals surface area contributed by atoms with Crippen LogP contribution in [0, 0.1) is 0 Å². The van der Waals surface area contributed by atoms with Crippen LogP contribution in [0.25, 0.3) is 0 Å². The maximum atomic E-state index is 12.8. The Morgan fingerprint density at radius 1 is 1.10 bits per heavy atom. The molecule has 1 aromatic carbocycles. The summed E-state index contributed by atoms with van der Waals surface area (Å²) >= 11 is 0. The predicted octanol–water partition coefficient (Wildman–Crippen LogP) is 3.49. The predicted molar refractivity (Wildman–Crippen MR) is 71.2 cm³/mol. The van der Waals surface area contributed by atoms with Crippen LogP contribution in [-0.4, -0.2) is 17.3 Å². The van der Waals surface area contributed by atoms with Gasteiger partial charge in [0.15, 0.2) is 0 Å². The largest absolute Gasteiger partial charge is 0.416 e. The van der Waals surface area contributed by atoms with Crippen molar-refractivity contribution in [3.05, 3.63) is 35.4 Å². The first kappa shape index (κ1) is 15.3. The Hall–Kier alpha value is -1.07. The first-order valence-electron chi connectivity index (χ1n) is 6.99. The summed E-state index contributed by atoms with van der Waals surface area (Å²) in [5.74, 6) is 0. The summed E-state index contributed by atoms with van der Waals surface area (Å²) in [5, 5.41) is 13.3. The SMILES string of the molecule is OC1(CNCc2ccccc2C(F)(F)F)CCCCC1. The standard InChI is InChI=1S/C15H20F3NO/c16-15(17,18)13-7-3-2-6-12(13)10-19-11-14(20)8-4-1-5-9-14/h2-3,6-7,19-20H,1,4-5,8-11H2. The van der Waals surface area contributed by atoms with E-state index in [1.54, 1.807) is 6.07 Å². The molecule has 5 heteroatoms. The van der Waals surface area contributed by atoms with Gasteiger partial charge in [0.2, 0.25) is 0 Å². The molecule has 0 unspecified atom stereocenters. The monoisotopic (exact) mass is 287 g/mol. The second kappa shape index (κ2) is 6.14. The number of aliphatic hydroxyl groups is 1. The van der Waals surface area contributed by atoms with E-state index in [2.05, 4.69) is 5.32 Å². The van der Waals surface area contributed by atoms with Crippen molar-refractivity contribution < 1.29 is 18.3 Å². The zero-order chi connectivity index (χ0) is 14.6. The Balaban J connectivity index is 1.94. The average Bonchev–Trinajstić information content (AvgIpc) is 2.39. The summed E-state index contributed by atoms with van der Waals surface area (Å²) in [6.07, 6.45) is 0.204. The van der Waals surface area contributed by atoms with Crippen molar-refractivity contribution >= 4 is 0 Å². The summed E-state index contributed by atoms with van der Waals surface area (Å²) < 4.78 is 38.5. The number of hydrogen-bond acceptors (Lipinski definition) is 2. The number of hydrogen-bond donors (Lipinski definition) is 2. The highest BCUT2D eigenvalue weighted by Crippen LogP contribution is 2.32. The number of nitrogens with one attached hydrogen (secondary N) is 1. The molecular formula is C15H20F3NO. The van der Waals surface area contributed by atoms with Crippen LogP contribution in [0.15, 0.2) is 24.3 Å². The van der Waals surface area contributed by atoms with Crippen molar-refractivity contribution in [3.8, 4) is 0 Å². The molecule has 1 aromatic rings. The fourth-order valence-corrected chi connectivity index (χ4v) is 2.77. The first-order valence-corrected chi connectivity index (χ1v) is 6.99. The van der Waals surface area contributed by atoms with E-state index in [0.717, 1.165) is 38.2 Å². The van der Waals surface area contributed by atoms with Gasteiger partial charge in [-0.2, -0.15) is 13.2 Å². The lowest BCUT2D eigenvalue weighted by atomic mass is 9.85. The fraction of sp³-hybridized carbons (Fsp3) is 0.600. The van der Waals surface area contributed by atoms with Crippen LogP contribution in [0.2, 0.25) is 0 Å². The number of alkyl halides is 3. The van der Waals surface area contributed by atoms with E-state index in [9.17, 15) is 18.3 Å². The molecule has 112 valence electrons. The summed E-state index contributed by atoms with van der Waals surface area (Å²) in [6, 6.07) is 5.55. The van der Waals surface area contributed by atoms with Crippen LogP contribution in [0.1, 0.15) is 43.2 Å². The third kappa shape index (κ3) is 3.96. The van der Waals surface area contributed by atoms with E-state index in [1.165, 1.54) is 12.1 Å². The summed E-state index contributed by atoms with van der Waals surface area (Å²) in [6.45, 7) is 0.469. The number of rotatable bonds is 4. The molecule has 0 aliphatic heterocycles. The minimum atomic E-state index is -4.33. The number of halogens is 3. The molecule has 0 amide bonds. The van der Waals surface area contributed by atoms with Gasteiger partial charge in [0, 0.05) is 13.1 Å². The molecule has 0 heterocycles. The lowest BCUT2D eigenvalue weighted by Crippen LogP contribution is -2.42. The lowest BCUT2D eigenvalue weighted by molar-refractivity contribution is -0.138. The highest BCUT2D eigenvalue weighted by atomic mass is 19.4. The second-order valence-corrected chi connectivity index (χ2v) is 5.54. The highest BCUT2D eigenvalue weighted by molar-refractivity contribution is 5.29. The minimum Gasteiger partial charge on any atom is -0.389 e. The van der Waals surface area contributed by atoms with Gasteiger partial charge >= 0.3 is 6.18 Å².